The summed E-state index contributed by atoms with van der Waals surface area (Å²) in [6.07, 6.45) is 6.29. The molecule has 1 aliphatic heterocycles. The van der Waals surface area contributed by atoms with Gasteiger partial charge in [0.25, 0.3) is 5.91 Å². The van der Waals surface area contributed by atoms with E-state index in [0.29, 0.717) is 6.04 Å². The minimum atomic E-state index is 0.226. The summed E-state index contributed by atoms with van der Waals surface area (Å²) in [4.78, 5) is 15.9. The van der Waals surface area contributed by atoms with Crippen LogP contribution in [-0.2, 0) is 0 Å². The maximum absolute atomic E-state index is 12.9. The molecule has 4 rings (SSSR count). The van der Waals surface area contributed by atoms with Crippen molar-refractivity contribution in [3.05, 3.63) is 29.1 Å². The normalized spacial score (nSPS) is 25.2. The van der Waals surface area contributed by atoms with E-state index in [0.717, 1.165) is 33.1 Å². The third kappa shape index (κ3) is 2.22. The predicted octanol–water partition coefficient (Wildman–Crippen LogP) is 3.89. The third-order valence-corrected chi connectivity index (χ3v) is 6.13. The maximum Gasteiger partial charge on any atom is 0.264 e. The molecule has 0 bridgehead atoms. The lowest BCUT2D eigenvalue weighted by atomic mass is 9.85. The van der Waals surface area contributed by atoms with Crippen molar-refractivity contribution in [2.24, 2.45) is 5.92 Å². The number of anilines is 1. The number of thiophene rings is 1. The van der Waals surface area contributed by atoms with Gasteiger partial charge in [-0.1, -0.05) is 12.8 Å². The average Bonchev–Trinajstić information content (AvgIpc) is 3.09. The molecule has 21 heavy (non-hydrogen) atoms. The van der Waals surface area contributed by atoms with E-state index < -0.39 is 0 Å². The van der Waals surface area contributed by atoms with Gasteiger partial charge in [0.2, 0.25) is 0 Å². The van der Waals surface area contributed by atoms with Crippen LogP contribution >= 0.6 is 11.3 Å². The molecule has 0 radical (unpaired) electrons. The fourth-order valence-electron chi connectivity index (χ4n) is 3.97. The van der Waals surface area contributed by atoms with Gasteiger partial charge in [0, 0.05) is 23.0 Å². The van der Waals surface area contributed by atoms with Gasteiger partial charge in [0.05, 0.1) is 4.88 Å². The van der Waals surface area contributed by atoms with Crippen LogP contribution in [0, 0.1) is 5.92 Å². The van der Waals surface area contributed by atoms with Gasteiger partial charge in [-0.05, 0) is 54.8 Å². The van der Waals surface area contributed by atoms with Crippen molar-refractivity contribution in [1.29, 1.82) is 0 Å². The molecule has 0 spiro atoms. The molecule has 3 nitrogen and oxygen atoms in total. The van der Waals surface area contributed by atoms with E-state index in [-0.39, 0.29) is 5.91 Å². The Morgan fingerprint density at radius 3 is 2.95 bits per heavy atom. The van der Waals surface area contributed by atoms with Crippen LogP contribution in [0.5, 0.6) is 0 Å². The molecule has 1 saturated carbocycles. The van der Waals surface area contributed by atoms with E-state index in [4.69, 9.17) is 5.73 Å². The number of amides is 1. The summed E-state index contributed by atoms with van der Waals surface area (Å²) in [5, 5.41) is 1.09. The van der Waals surface area contributed by atoms with Crippen molar-refractivity contribution in [2.75, 3.05) is 12.3 Å². The fourth-order valence-corrected chi connectivity index (χ4v) is 4.97. The van der Waals surface area contributed by atoms with E-state index in [2.05, 4.69) is 4.90 Å². The highest BCUT2D eigenvalue weighted by Crippen LogP contribution is 2.38. The van der Waals surface area contributed by atoms with E-state index in [1.165, 1.54) is 32.1 Å². The summed E-state index contributed by atoms with van der Waals surface area (Å²) in [5.41, 5.74) is 6.59. The lowest BCUT2D eigenvalue weighted by Crippen LogP contribution is -2.38. The number of fused-ring (bicyclic) bond motifs is 2. The zero-order valence-electron chi connectivity index (χ0n) is 12.0. The minimum absolute atomic E-state index is 0.226. The van der Waals surface area contributed by atoms with Crippen LogP contribution < -0.4 is 5.73 Å². The minimum Gasteiger partial charge on any atom is -0.399 e. The van der Waals surface area contributed by atoms with Crippen LogP contribution in [0.25, 0.3) is 10.1 Å². The Morgan fingerprint density at radius 2 is 2.05 bits per heavy atom. The van der Waals surface area contributed by atoms with Gasteiger partial charge in [-0.15, -0.1) is 11.3 Å². The Kier molecular flexibility index (Phi) is 3.14. The van der Waals surface area contributed by atoms with E-state index >= 15 is 0 Å². The first-order valence-corrected chi connectivity index (χ1v) is 8.64. The van der Waals surface area contributed by atoms with Gasteiger partial charge in [0.15, 0.2) is 0 Å². The van der Waals surface area contributed by atoms with E-state index in [1.54, 1.807) is 11.3 Å². The summed E-state index contributed by atoms with van der Waals surface area (Å²) >= 11 is 1.59. The molecule has 2 heterocycles. The number of carbonyl (C=O) groups excluding carboxylic acids is 1. The highest BCUT2D eigenvalue weighted by Gasteiger charge is 2.38. The summed E-state index contributed by atoms with van der Waals surface area (Å²) in [6.45, 7) is 0.935. The molecule has 1 aromatic carbocycles. The third-order valence-electron chi connectivity index (χ3n) is 5.02. The molecule has 1 amide bonds. The molecule has 2 aromatic rings. The molecule has 2 fully saturated rings. The van der Waals surface area contributed by atoms with Crippen LogP contribution in [0.3, 0.4) is 0 Å². The molecule has 2 unspecified atom stereocenters. The van der Waals surface area contributed by atoms with Gasteiger partial charge < -0.3 is 10.6 Å². The Hall–Kier alpha value is -1.55. The van der Waals surface area contributed by atoms with Gasteiger partial charge >= 0.3 is 0 Å². The highest BCUT2D eigenvalue weighted by atomic mass is 32.1. The van der Waals surface area contributed by atoms with Crippen molar-refractivity contribution in [3.63, 3.8) is 0 Å². The van der Waals surface area contributed by atoms with Crippen LogP contribution in [0.1, 0.15) is 41.8 Å². The van der Waals surface area contributed by atoms with Gasteiger partial charge in [0.1, 0.15) is 0 Å². The predicted molar refractivity (Wildman–Crippen MR) is 87.6 cm³/mol. The standard InChI is InChI=1S/C17H20N2OS/c18-13-5-6-15-12(9-13)10-16(21-15)17(20)19-8-7-11-3-1-2-4-14(11)19/h5-6,9-11,14H,1-4,7-8,18H2. The Labute approximate surface area is 128 Å². The van der Waals surface area contributed by atoms with Gasteiger partial charge in [-0.2, -0.15) is 0 Å². The smallest absolute Gasteiger partial charge is 0.264 e. The highest BCUT2D eigenvalue weighted by molar-refractivity contribution is 7.20. The number of nitrogen functional groups attached to an aromatic ring is 1. The number of carbonyl (C=O) groups is 1. The number of nitrogens with zero attached hydrogens (tertiary/aromatic N) is 1. The Bertz CT molecular complexity index is 693. The van der Waals surface area contributed by atoms with Crippen molar-refractivity contribution in [2.45, 2.75) is 38.1 Å². The molecular formula is C17H20N2OS. The van der Waals surface area contributed by atoms with Gasteiger partial charge in [-0.25, -0.2) is 0 Å². The lowest BCUT2D eigenvalue weighted by Gasteiger charge is -2.31. The monoisotopic (exact) mass is 300 g/mol. The zero-order valence-corrected chi connectivity index (χ0v) is 12.9. The topological polar surface area (TPSA) is 46.3 Å². The van der Waals surface area contributed by atoms with Crippen LogP contribution in [0.4, 0.5) is 5.69 Å². The van der Waals surface area contributed by atoms with Crippen molar-refractivity contribution >= 4 is 33.0 Å². The second kappa shape index (κ2) is 5.02. The molecule has 2 atom stereocenters. The van der Waals surface area contributed by atoms with Crippen molar-refractivity contribution in [3.8, 4) is 0 Å². The number of benzene rings is 1. The quantitative estimate of drug-likeness (QED) is 0.812. The molecule has 1 aromatic heterocycles. The largest absolute Gasteiger partial charge is 0.399 e. The van der Waals surface area contributed by atoms with E-state index in [9.17, 15) is 4.79 Å². The summed E-state index contributed by atoms with van der Waals surface area (Å²) in [7, 11) is 0. The number of rotatable bonds is 1. The van der Waals surface area contributed by atoms with Crippen LogP contribution in [0.15, 0.2) is 24.3 Å². The summed E-state index contributed by atoms with van der Waals surface area (Å²) in [5.74, 6) is 0.969. The van der Waals surface area contributed by atoms with Crippen molar-refractivity contribution < 1.29 is 4.79 Å². The molecular weight excluding hydrogens is 280 g/mol. The number of likely N-dealkylation sites (tertiary alicyclic amines) is 1. The average molecular weight is 300 g/mol. The zero-order chi connectivity index (χ0) is 14.4. The molecule has 4 heteroatoms. The molecule has 1 aliphatic carbocycles. The van der Waals surface area contributed by atoms with Crippen molar-refractivity contribution in [1.82, 2.24) is 4.90 Å². The summed E-state index contributed by atoms with van der Waals surface area (Å²) < 4.78 is 1.15. The number of hydrogen-bond donors (Lipinski definition) is 1. The molecule has 1 saturated heterocycles. The summed E-state index contributed by atoms with van der Waals surface area (Å²) in [6, 6.07) is 8.37. The first-order valence-electron chi connectivity index (χ1n) is 7.82. The SMILES string of the molecule is Nc1ccc2sc(C(=O)N3CCC4CCCCC43)cc2c1. The Balaban J connectivity index is 1.63. The molecule has 2 N–H and O–H groups in total. The van der Waals surface area contributed by atoms with Crippen LogP contribution in [0.2, 0.25) is 0 Å². The maximum atomic E-state index is 12.9. The fraction of sp³-hybridized carbons (Fsp3) is 0.471. The first kappa shape index (κ1) is 13.1. The first-order chi connectivity index (χ1) is 10.2. The Morgan fingerprint density at radius 1 is 1.19 bits per heavy atom. The number of hydrogen-bond acceptors (Lipinski definition) is 3. The van der Waals surface area contributed by atoms with E-state index in [1.807, 2.05) is 24.3 Å². The second-order valence-electron chi connectivity index (χ2n) is 6.31. The molecule has 110 valence electrons. The lowest BCUT2D eigenvalue weighted by molar-refractivity contribution is 0.0695. The van der Waals surface area contributed by atoms with Crippen LogP contribution in [-0.4, -0.2) is 23.4 Å². The van der Waals surface area contributed by atoms with Gasteiger partial charge in [-0.3, -0.25) is 4.79 Å². The second-order valence-corrected chi connectivity index (χ2v) is 7.39. The molecule has 2 aliphatic rings. The number of nitrogens with two attached hydrogens (primary N) is 1.